The molecule has 2 aliphatic rings. The van der Waals surface area contributed by atoms with Crippen molar-refractivity contribution in [3.8, 4) is 0 Å². The van der Waals surface area contributed by atoms with E-state index in [2.05, 4.69) is 19.2 Å². The molecular formula is C12H23NO. The lowest BCUT2D eigenvalue weighted by Gasteiger charge is -2.33. The minimum Gasteiger partial charge on any atom is -0.381 e. The predicted octanol–water partition coefficient (Wildman–Crippen LogP) is 2.05. The summed E-state index contributed by atoms with van der Waals surface area (Å²) in [6.45, 7) is 9.06. The Hall–Kier alpha value is -0.0800. The molecule has 1 aliphatic carbocycles. The Kier molecular flexibility index (Phi) is 3.13. The Morgan fingerprint density at radius 3 is 2.57 bits per heavy atom. The lowest BCUT2D eigenvalue weighted by molar-refractivity contribution is 0.0241. The zero-order valence-electron chi connectivity index (χ0n) is 9.51. The molecule has 2 fully saturated rings. The summed E-state index contributed by atoms with van der Waals surface area (Å²) in [5.41, 5.74) is 0.496. The first-order valence-corrected chi connectivity index (χ1v) is 5.98. The lowest BCUT2D eigenvalue weighted by atomic mass is 9.82. The van der Waals surface area contributed by atoms with Crippen LogP contribution in [0.4, 0.5) is 0 Å². The van der Waals surface area contributed by atoms with Gasteiger partial charge in [-0.05, 0) is 43.1 Å². The largest absolute Gasteiger partial charge is 0.381 e. The molecule has 2 unspecified atom stereocenters. The smallest absolute Gasteiger partial charge is 0.0471 e. The molecule has 14 heavy (non-hydrogen) atoms. The first-order valence-electron chi connectivity index (χ1n) is 5.98. The van der Waals surface area contributed by atoms with Crippen molar-refractivity contribution in [3.63, 3.8) is 0 Å². The van der Waals surface area contributed by atoms with Crippen LogP contribution >= 0.6 is 0 Å². The topological polar surface area (TPSA) is 21.3 Å². The van der Waals surface area contributed by atoms with Crippen molar-refractivity contribution in [3.05, 3.63) is 0 Å². The molecule has 0 amide bonds. The van der Waals surface area contributed by atoms with Gasteiger partial charge in [-0.3, -0.25) is 0 Å². The molecule has 1 saturated heterocycles. The van der Waals surface area contributed by atoms with E-state index in [1.165, 1.54) is 32.4 Å². The van der Waals surface area contributed by atoms with Crippen LogP contribution in [0.2, 0.25) is 0 Å². The fourth-order valence-corrected chi connectivity index (χ4v) is 2.28. The van der Waals surface area contributed by atoms with E-state index in [1.54, 1.807) is 0 Å². The zero-order chi connectivity index (χ0) is 10.0. The van der Waals surface area contributed by atoms with Gasteiger partial charge < -0.3 is 10.1 Å². The summed E-state index contributed by atoms with van der Waals surface area (Å²) in [6, 6.07) is 0. The van der Waals surface area contributed by atoms with Gasteiger partial charge in [0, 0.05) is 19.8 Å². The molecule has 0 bridgehead atoms. The summed E-state index contributed by atoms with van der Waals surface area (Å²) in [6.07, 6.45) is 3.88. The molecule has 0 radical (unpaired) electrons. The van der Waals surface area contributed by atoms with Gasteiger partial charge in [-0.25, -0.2) is 0 Å². The normalized spacial score (nSPS) is 35.6. The molecule has 2 atom stereocenters. The van der Waals surface area contributed by atoms with E-state index in [9.17, 15) is 0 Å². The van der Waals surface area contributed by atoms with Gasteiger partial charge in [-0.15, -0.1) is 0 Å². The Balaban J connectivity index is 1.63. The van der Waals surface area contributed by atoms with Crippen LogP contribution in [-0.2, 0) is 4.74 Å². The highest BCUT2D eigenvalue weighted by atomic mass is 16.5. The SMILES string of the molecule is CC1CC1CNCC1(C)CCOCC1. The monoisotopic (exact) mass is 197 g/mol. The van der Waals surface area contributed by atoms with Crippen LogP contribution in [0.1, 0.15) is 33.1 Å². The second kappa shape index (κ2) is 4.19. The summed E-state index contributed by atoms with van der Waals surface area (Å²) in [7, 11) is 0. The standard InChI is InChI=1S/C12H23NO/c1-10-7-11(10)8-13-9-12(2)3-5-14-6-4-12/h10-11,13H,3-9H2,1-2H3. The van der Waals surface area contributed by atoms with Gasteiger partial charge in [0.2, 0.25) is 0 Å². The highest BCUT2D eigenvalue weighted by Crippen LogP contribution is 2.37. The Morgan fingerprint density at radius 2 is 2.00 bits per heavy atom. The van der Waals surface area contributed by atoms with Crippen LogP contribution in [-0.4, -0.2) is 26.3 Å². The van der Waals surface area contributed by atoms with Gasteiger partial charge >= 0.3 is 0 Å². The molecule has 1 saturated carbocycles. The molecule has 2 nitrogen and oxygen atoms in total. The van der Waals surface area contributed by atoms with Crippen LogP contribution in [0.25, 0.3) is 0 Å². The number of hydrogen-bond acceptors (Lipinski definition) is 2. The second-order valence-corrected chi connectivity index (χ2v) is 5.53. The van der Waals surface area contributed by atoms with Gasteiger partial charge in [0.05, 0.1) is 0 Å². The van der Waals surface area contributed by atoms with Gasteiger partial charge in [0.25, 0.3) is 0 Å². The quantitative estimate of drug-likeness (QED) is 0.745. The molecule has 0 aromatic heterocycles. The maximum Gasteiger partial charge on any atom is 0.0471 e. The van der Waals surface area contributed by atoms with Crippen molar-refractivity contribution < 1.29 is 4.74 Å². The fourth-order valence-electron chi connectivity index (χ4n) is 2.28. The molecule has 2 rings (SSSR count). The van der Waals surface area contributed by atoms with Gasteiger partial charge in [-0.1, -0.05) is 13.8 Å². The Morgan fingerprint density at radius 1 is 1.36 bits per heavy atom. The summed E-state index contributed by atoms with van der Waals surface area (Å²) >= 11 is 0. The van der Waals surface area contributed by atoms with Crippen LogP contribution in [0.3, 0.4) is 0 Å². The fraction of sp³-hybridized carbons (Fsp3) is 1.00. The van der Waals surface area contributed by atoms with Crippen molar-refractivity contribution >= 4 is 0 Å². The zero-order valence-corrected chi connectivity index (χ0v) is 9.51. The van der Waals surface area contributed by atoms with Crippen molar-refractivity contribution in [1.82, 2.24) is 5.32 Å². The van der Waals surface area contributed by atoms with E-state index in [-0.39, 0.29) is 0 Å². The van der Waals surface area contributed by atoms with Crippen molar-refractivity contribution in [2.24, 2.45) is 17.3 Å². The molecular weight excluding hydrogens is 174 g/mol. The third-order valence-electron chi connectivity index (χ3n) is 3.93. The third-order valence-corrected chi connectivity index (χ3v) is 3.93. The number of ether oxygens (including phenoxy) is 1. The van der Waals surface area contributed by atoms with E-state index in [0.717, 1.165) is 25.0 Å². The second-order valence-electron chi connectivity index (χ2n) is 5.53. The summed E-state index contributed by atoms with van der Waals surface area (Å²) < 4.78 is 5.39. The number of nitrogens with one attached hydrogen (secondary N) is 1. The summed E-state index contributed by atoms with van der Waals surface area (Å²) in [5, 5.41) is 3.63. The third kappa shape index (κ3) is 2.71. The molecule has 1 N–H and O–H groups in total. The van der Waals surface area contributed by atoms with E-state index in [1.807, 2.05) is 0 Å². The van der Waals surface area contributed by atoms with Crippen LogP contribution in [0, 0.1) is 17.3 Å². The molecule has 0 aromatic carbocycles. The minimum absolute atomic E-state index is 0.496. The van der Waals surface area contributed by atoms with E-state index in [0.29, 0.717) is 5.41 Å². The van der Waals surface area contributed by atoms with Crippen molar-refractivity contribution in [2.45, 2.75) is 33.1 Å². The molecule has 2 heteroatoms. The van der Waals surface area contributed by atoms with E-state index in [4.69, 9.17) is 4.74 Å². The molecule has 1 aliphatic heterocycles. The highest BCUT2D eigenvalue weighted by molar-refractivity contribution is 4.86. The highest BCUT2D eigenvalue weighted by Gasteiger charge is 2.33. The van der Waals surface area contributed by atoms with Crippen molar-refractivity contribution in [1.29, 1.82) is 0 Å². The predicted molar refractivity (Wildman–Crippen MR) is 58.3 cm³/mol. The Bertz CT molecular complexity index is 187. The number of rotatable bonds is 4. The number of hydrogen-bond donors (Lipinski definition) is 1. The van der Waals surface area contributed by atoms with E-state index < -0.39 is 0 Å². The van der Waals surface area contributed by atoms with Gasteiger partial charge in [0.15, 0.2) is 0 Å². The maximum absolute atomic E-state index is 5.39. The molecule has 1 heterocycles. The Labute approximate surface area is 87.4 Å². The summed E-state index contributed by atoms with van der Waals surface area (Å²) in [5.74, 6) is 1.95. The van der Waals surface area contributed by atoms with Crippen LogP contribution in [0.5, 0.6) is 0 Å². The molecule has 0 spiro atoms. The van der Waals surface area contributed by atoms with Crippen molar-refractivity contribution in [2.75, 3.05) is 26.3 Å². The van der Waals surface area contributed by atoms with Gasteiger partial charge in [0.1, 0.15) is 0 Å². The molecule has 82 valence electrons. The average Bonchev–Trinajstić information content (AvgIpc) is 2.83. The van der Waals surface area contributed by atoms with E-state index >= 15 is 0 Å². The lowest BCUT2D eigenvalue weighted by Crippen LogP contribution is -2.37. The summed E-state index contributed by atoms with van der Waals surface area (Å²) in [4.78, 5) is 0. The maximum atomic E-state index is 5.39. The van der Waals surface area contributed by atoms with Gasteiger partial charge in [-0.2, -0.15) is 0 Å². The first-order chi connectivity index (χ1) is 6.70. The van der Waals surface area contributed by atoms with Crippen LogP contribution < -0.4 is 5.32 Å². The molecule has 0 aromatic rings. The minimum atomic E-state index is 0.496. The van der Waals surface area contributed by atoms with Crippen LogP contribution in [0.15, 0.2) is 0 Å². The average molecular weight is 197 g/mol. The first kappa shape index (κ1) is 10.4.